The number of pyridine rings is 1. The second kappa shape index (κ2) is 7.90. The molecule has 2 fully saturated rings. The molecule has 8 heteroatoms. The van der Waals surface area contributed by atoms with Crippen LogP contribution in [0.25, 0.3) is 0 Å². The highest BCUT2D eigenvalue weighted by molar-refractivity contribution is 5.94. The lowest BCUT2D eigenvalue weighted by Gasteiger charge is -2.36. The first-order valence-electron chi connectivity index (χ1n) is 11.1. The van der Waals surface area contributed by atoms with Crippen LogP contribution in [-0.2, 0) is 17.8 Å². The molecule has 8 nitrogen and oxygen atoms in total. The largest absolute Gasteiger partial charge is 0.332 e. The van der Waals surface area contributed by atoms with E-state index >= 15 is 0 Å². The van der Waals surface area contributed by atoms with Gasteiger partial charge < -0.3 is 14.8 Å². The van der Waals surface area contributed by atoms with Crippen LogP contribution in [0.2, 0.25) is 0 Å². The Morgan fingerprint density at radius 3 is 2.68 bits per heavy atom. The zero-order chi connectivity index (χ0) is 21.5. The Labute approximate surface area is 180 Å². The number of hydrogen-bond donors (Lipinski definition) is 1. The third-order valence-corrected chi connectivity index (χ3v) is 6.83. The van der Waals surface area contributed by atoms with Crippen LogP contribution in [0.1, 0.15) is 66.1 Å². The van der Waals surface area contributed by atoms with E-state index in [0.29, 0.717) is 54.6 Å². The third kappa shape index (κ3) is 3.75. The van der Waals surface area contributed by atoms with Crippen molar-refractivity contribution in [2.24, 2.45) is 11.8 Å². The number of H-pyrrole nitrogens is 1. The Morgan fingerprint density at radius 1 is 1.16 bits per heavy atom. The highest BCUT2D eigenvalue weighted by Crippen LogP contribution is 2.42. The van der Waals surface area contributed by atoms with Gasteiger partial charge in [0.2, 0.25) is 5.91 Å². The molecule has 1 saturated carbocycles. The van der Waals surface area contributed by atoms with Crippen molar-refractivity contribution in [1.29, 1.82) is 0 Å². The van der Waals surface area contributed by atoms with Crippen LogP contribution in [0.3, 0.4) is 0 Å². The highest BCUT2D eigenvalue weighted by atomic mass is 16.2. The van der Waals surface area contributed by atoms with Gasteiger partial charge in [0.1, 0.15) is 5.82 Å². The number of nitrogens with zero attached hydrogens (tertiary/aromatic N) is 4. The predicted molar refractivity (Wildman–Crippen MR) is 113 cm³/mol. The van der Waals surface area contributed by atoms with Gasteiger partial charge in [-0.15, -0.1) is 0 Å². The molecule has 0 spiro atoms. The van der Waals surface area contributed by atoms with Gasteiger partial charge in [0.25, 0.3) is 11.5 Å². The molecule has 162 valence electrons. The zero-order valence-electron chi connectivity index (χ0n) is 17.7. The van der Waals surface area contributed by atoms with Gasteiger partial charge in [0, 0.05) is 42.5 Å². The van der Waals surface area contributed by atoms with Gasteiger partial charge in [-0.25, -0.2) is 4.98 Å². The maximum atomic E-state index is 13.0. The minimum Gasteiger partial charge on any atom is -0.332 e. The Morgan fingerprint density at radius 2 is 1.94 bits per heavy atom. The summed E-state index contributed by atoms with van der Waals surface area (Å²) >= 11 is 0. The van der Waals surface area contributed by atoms with Crippen LogP contribution in [0, 0.1) is 11.8 Å². The molecule has 2 aliphatic heterocycles. The van der Waals surface area contributed by atoms with E-state index in [1.807, 2.05) is 4.90 Å². The summed E-state index contributed by atoms with van der Waals surface area (Å²) in [5.74, 6) is 1.21. The molecule has 5 rings (SSSR count). The summed E-state index contributed by atoms with van der Waals surface area (Å²) in [4.78, 5) is 54.1. The number of aromatic nitrogens is 3. The van der Waals surface area contributed by atoms with Crippen LogP contribution in [-0.4, -0.2) is 49.7 Å². The lowest BCUT2D eigenvalue weighted by Crippen LogP contribution is -2.43. The first kappa shape index (κ1) is 19.9. The predicted octanol–water partition coefficient (Wildman–Crippen LogP) is 2.07. The number of fused-ring (bicyclic) bond motifs is 1. The number of hydrogen-bond acceptors (Lipinski definition) is 5. The van der Waals surface area contributed by atoms with Crippen molar-refractivity contribution in [1.82, 2.24) is 24.8 Å². The number of nitrogens with one attached hydrogen (secondary N) is 1. The van der Waals surface area contributed by atoms with Gasteiger partial charge in [0.15, 0.2) is 0 Å². The Kier molecular flexibility index (Phi) is 5.08. The van der Waals surface area contributed by atoms with Crippen LogP contribution < -0.4 is 5.56 Å². The standard InChI is InChI=1S/C23H27N5O3/c1-14-12-17(14)23(31)28-10-3-2-4-19(28)20-25-18-13-27(11-7-16(18)21(29)26-20)22(30)15-5-8-24-9-6-15/h5-6,8-9,14,17,19H,2-4,7,10-13H2,1H3,(H,25,26,29)/t14-,17+,19+/m1/s1. The maximum absolute atomic E-state index is 13.0. The third-order valence-electron chi connectivity index (χ3n) is 6.83. The molecule has 4 heterocycles. The monoisotopic (exact) mass is 421 g/mol. The van der Waals surface area contributed by atoms with Crippen molar-refractivity contribution >= 4 is 11.8 Å². The Hall–Kier alpha value is -3.03. The van der Waals surface area contributed by atoms with E-state index in [2.05, 4.69) is 16.9 Å². The Balaban J connectivity index is 1.42. The van der Waals surface area contributed by atoms with E-state index in [-0.39, 0.29) is 29.3 Å². The number of piperidine rings is 1. The van der Waals surface area contributed by atoms with Gasteiger partial charge >= 0.3 is 0 Å². The summed E-state index contributed by atoms with van der Waals surface area (Å²) in [5.41, 5.74) is 1.72. The minimum absolute atomic E-state index is 0.0890. The zero-order valence-corrected chi connectivity index (χ0v) is 17.7. The molecule has 0 bridgehead atoms. The number of carbonyl (C=O) groups excluding carboxylic acids is 2. The van der Waals surface area contributed by atoms with Gasteiger partial charge in [-0.3, -0.25) is 19.4 Å². The van der Waals surface area contributed by atoms with Crippen LogP contribution in [0.15, 0.2) is 29.3 Å². The molecule has 1 aliphatic carbocycles. The normalized spacial score (nSPS) is 25.1. The summed E-state index contributed by atoms with van der Waals surface area (Å²) in [6.07, 6.45) is 7.40. The SMILES string of the molecule is C[C@@H]1C[C@@H]1C(=O)N1CCCC[C@H]1c1nc2c(c(=O)[nH]1)CCN(C(=O)c1ccncc1)C2. The number of aromatic amines is 1. The molecule has 1 saturated heterocycles. The molecule has 0 aromatic carbocycles. The molecule has 2 aromatic rings. The van der Waals surface area contributed by atoms with Crippen molar-refractivity contribution in [2.45, 2.75) is 51.6 Å². The summed E-state index contributed by atoms with van der Waals surface area (Å²) in [7, 11) is 0. The van der Waals surface area contributed by atoms with E-state index in [9.17, 15) is 14.4 Å². The number of likely N-dealkylation sites (tertiary alicyclic amines) is 1. The van der Waals surface area contributed by atoms with Crippen molar-refractivity contribution in [3.63, 3.8) is 0 Å². The molecule has 0 unspecified atom stereocenters. The Bertz CT molecular complexity index is 1070. The average molecular weight is 422 g/mol. The average Bonchev–Trinajstić information content (AvgIpc) is 3.54. The highest BCUT2D eigenvalue weighted by Gasteiger charge is 2.44. The number of rotatable bonds is 3. The van der Waals surface area contributed by atoms with Crippen molar-refractivity contribution in [3.05, 3.63) is 57.5 Å². The van der Waals surface area contributed by atoms with Crippen molar-refractivity contribution < 1.29 is 9.59 Å². The van der Waals surface area contributed by atoms with E-state index in [4.69, 9.17) is 4.98 Å². The number of amides is 2. The van der Waals surface area contributed by atoms with Gasteiger partial charge in [-0.05, 0) is 50.2 Å². The molecule has 1 N–H and O–H groups in total. The van der Waals surface area contributed by atoms with E-state index in [1.165, 1.54) is 0 Å². The first-order chi connectivity index (χ1) is 15.0. The molecule has 3 atom stereocenters. The molecule has 0 radical (unpaired) electrons. The fourth-order valence-electron chi connectivity index (χ4n) is 4.83. The number of carbonyl (C=O) groups is 2. The second-order valence-electron chi connectivity index (χ2n) is 8.95. The summed E-state index contributed by atoms with van der Waals surface area (Å²) in [6, 6.07) is 3.19. The summed E-state index contributed by atoms with van der Waals surface area (Å²) in [5, 5.41) is 0. The molecular weight excluding hydrogens is 394 g/mol. The van der Waals surface area contributed by atoms with E-state index < -0.39 is 0 Å². The van der Waals surface area contributed by atoms with Crippen LogP contribution >= 0.6 is 0 Å². The van der Waals surface area contributed by atoms with Crippen molar-refractivity contribution in [2.75, 3.05) is 13.1 Å². The van der Waals surface area contributed by atoms with Gasteiger partial charge in [-0.2, -0.15) is 0 Å². The fraction of sp³-hybridized carbons (Fsp3) is 0.522. The van der Waals surface area contributed by atoms with Crippen LogP contribution in [0.4, 0.5) is 0 Å². The molecule has 3 aliphatic rings. The maximum Gasteiger partial charge on any atom is 0.254 e. The fourth-order valence-corrected chi connectivity index (χ4v) is 4.83. The summed E-state index contributed by atoms with van der Waals surface area (Å²) < 4.78 is 0. The summed E-state index contributed by atoms with van der Waals surface area (Å²) in [6.45, 7) is 3.59. The van der Waals surface area contributed by atoms with Gasteiger partial charge in [0.05, 0.1) is 18.3 Å². The topological polar surface area (TPSA) is 99.3 Å². The molecular formula is C23H27N5O3. The smallest absolute Gasteiger partial charge is 0.254 e. The van der Waals surface area contributed by atoms with E-state index in [0.717, 1.165) is 25.7 Å². The lowest BCUT2D eigenvalue weighted by molar-refractivity contribution is -0.137. The first-order valence-corrected chi connectivity index (χ1v) is 11.1. The van der Waals surface area contributed by atoms with E-state index in [1.54, 1.807) is 29.4 Å². The quantitative estimate of drug-likeness (QED) is 0.818. The van der Waals surface area contributed by atoms with Crippen molar-refractivity contribution in [3.8, 4) is 0 Å². The second-order valence-corrected chi connectivity index (χ2v) is 8.95. The molecule has 2 amide bonds. The lowest BCUT2D eigenvalue weighted by atomic mass is 9.99. The molecule has 2 aromatic heterocycles. The molecule has 31 heavy (non-hydrogen) atoms. The minimum atomic E-state index is -0.196. The van der Waals surface area contributed by atoms with Gasteiger partial charge in [-0.1, -0.05) is 6.92 Å². The van der Waals surface area contributed by atoms with Crippen LogP contribution in [0.5, 0.6) is 0 Å².